The van der Waals surface area contributed by atoms with Crippen LogP contribution in [0.4, 0.5) is 9.93 Å². The van der Waals surface area contributed by atoms with Crippen molar-refractivity contribution >= 4 is 28.6 Å². The zero-order valence-corrected chi connectivity index (χ0v) is 12.5. The molecule has 104 valence electrons. The number of nitrogens with one attached hydrogen (secondary N) is 2. The Balaban J connectivity index is 1.89. The van der Waals surface area contributed by atoms with E-state index in [9.17, 15) is 4.79 Å². The van der Waals surface area contributed by atoms with Crippen LogP contribution in [0.3, 0.4) is 0 Å². The zero-order valence-electron chi connectivity index (χ0n) is 11.7. The average molecular weight is 287 g/mol. The molecule has 0 unspecified atom stereocenters. The molecule has 0 bridgehead atoms. The van der Waals surface area contributed by atoms with Gasteiger partial charge in [-0.25, -0.2) is 9.78 Å². The van der Waals surface area contributed by atoms with E-state index in [2.05, 4.69) is 15.6 Å². The third-order valence-electron chi connectivity index (χ3n) is 2.78. The molecular weight excluding hydrogens is 270 g/mol. The fraction of sp³-hybridized carbons (Fsp3) is 0.200. The molecule has 2 rings (SSSR count). The molecule has 0 saturated heterocycles. The number of nitrogens with zero attached hydrogens (tertiary/aromatic N) is 1. The predicted molar refractivity (Wildman–Crippen MR) is 84.0 cm³/mol. The SMILES string of the molecule is Cc1cccc(/C=C/NC(=O)Nc2nc(C)c(C)s2)c1. The minimum atomic E-state index is -0.289. The molecule has 1 heterocycles. The van der Waals surface area contributed by atoms with E-state index >= 15 is 0 Å². The van der Waals surface area contributed by atoms with Gasteiger partial charge < -0.3 is 5.32 Å². The first kappa shape index (κ1) is 14.3. The molecule has 0 aliphatic heterocycles. The number of aromatic nitrogens is 1. The van der Waals surface area contributed by atoms with Gasteiger partial charge in [0.1, 0.15) is 0 Å². The summed E-state index contributed by atoms with van der Waals surface area (Å²) in [6.07, 6.45) is 3.47. The van der Waals surface area contributed by atoms with Crippen LogP contribution in [0.25, 0.3) is 6.08 Å². The van der Waals surface area contributed by atoms with Gasteiger partial charge in [0.2, 0.25) is 0 Å². The van der Waals surface area contributed by atoms with Crippen LogP contribution in [0.15, 0.2) is 30.5 Å². The molecular formula is C15H17N3OS. The minimum absolute atomic E-state index is 0.289. The van der Waals surface area contributed by atoms with Crippen LogP contribution in [0.5, 0.6) is 0 Å². The molecule has 2 amide bonds. The number of aryl methyl sites for hydroxylation is 3. The van der Waals surface area contributed by atoms with Crippen molar-refractivity contribution in [3.05, 3.63) is 52.2 Å². The third kappa shape index (κ3) is 3.93. The topological polar surface area (TPSA) is 54.0 Å². The Morgan fingerprint density at radius 2 is 2.10 bits per heavy atom. The summed E-state index contributed by atoms with van der Waals surface area (Å²) in [6, 6.07) is 7.75. The molecule has 0 aliphatic carbocycles. The number of hydrogen-bond acceptors (Lipinski definition) is 3. The monoisotopic (exact) mass is 287 g/mol. The average Bonchev–Trinajstić information content (AvgIpc) is 2.68. The highest BCUT2D eigenvalue weighted by Gasteiger charge is 2.05. The Bertz CT molecular complexity index is 627. The van der Waals surface area contributed by atoms with Crippen molar-refractivity contribution in [1.82, 2.24) is 10.3 Å². The normalized spacial score (nSPS) is 10.8. The number of rotatable bonds is 3. The number of carbonyl (C=O) groups is 1. The highest BCUT2D eigenvalue weighted by Crippen LogP contribution is 2.20. The van der Waals surface area contributed by atoms with E-state index in [0.717, 1.165) is 16.1 Å². The van der Waals surface area contributed by atoms with Gasteiger partial charge in [-0.05, 0) is 32.4 Å². The number of thiazole rings is 1. The van der Waals surface area contributed by atoms with E-state index in [1.807, 2.05) is 51.1 Å². The fourth-order valence-corrected chi connectivity index (χ4v) is 2.46. The van der Waals surface area contributed by atoms with Crippen LogP contribution in [0.2, 0.25) is 0 Å². The quantitative estimate of drug-likeness (QED) is 0.900. The summed E-state index contributed by atoms with van der Waals surface area (Å²) in [4.78, 5) is 17.0. The van der Waals surface area contributed by atoms with E-state index in [4.69, 9.17) is 0 Å². The number of amides is 2. The molecule has 4 nitrogen and oxygen atoms in total. The van der Waals surface area contributed by atoms with Crippen molar-refractivity contribution < 1.29 is 4.79 Å². The standard InChI is InChI=1S/C15H17N3OS/c1-10-5-4-6-13(9-10)7-8-16-14(19)18-15-17-11(2)12(3)20-15/h4-9H,1-3H3,(H2,16,17,18,19)/b8-7+. The van der Waals surface area contributed by atoms with Gasteiger partial charge in [-0.15, -0.1) is 11.3 Å². The molecule has 0 spiro atoms. The van der Waals surface area contributed by atoms with E-state index in [0.29, 0.717) is 5.13 Å². The third-order valence-corrected chi connectivity index (χ3v) is 3.77. The molecule has 20 heavy (non-hydrogen) atoms. The summed E-state index contributed by atoms with van der Waals surface area (Å²) in [5, 5.41) is 5.98. The molecule has 1 aromatic carbocycles. The Morgan fingerprint density at radius 3 is 2.75 bits per heavy atom. The van der Waals surface area contributed by atoms with Crippen molar-refractivity contribution in [2.75, 3.05) is 5.32 Å². The van der Waals surface area contributed by atoms with Gasteiger partial charge in [-0.1, -0.05) is 29.8 Å². The van der Waals surface area contributed by atoms with E-state index in [1.165, 1.54) is 16.9 Å². The molecule has 0 aliphatic rings. The van der Waals surface area contributed by atoms with Gasteiger partial charge in [0.25, 0.3) is 0 Å². The van der Waals surface area contributed by atoms with E-state index in [-0.39, 0.29) is 6.03 Å². The summed E-state index contributed by atoms with van der Waals surface area (Å²) in [7, 11) is 0. The second kappa shape index (κ2) is 6.34. The van der Waals surface area contributed by atoms with Crippen molar-refractivity contribution in [3.63, 3.8) is 0 Å². The van der Waals surface area contributed by atoms with Gasteiger partial charge in [0.15, 0.2) is 5.13 Å². The molecule has 2 aromatic rings. The van der Waals surface area contributed by atoms with Crippen LogP contribution in [0, 0.1) is 20.8 Å². The first-order chi connectivity index (χ1) is 9.54. The highest BCUT2D eigenvalue weighted by molar-refractivity contribution is 7.15. The number of hydrogen-bond donors (Lipinski definition) is 2. The lowest BCUT2D eigenvalue weighted by molar-refractivity contribution is 0.255. The van der Waals surface area contributed by atoms with Gasteiger partial charge in [0.05, 0.1) is 5.69 Å². The molecule has 0 atom stereocenters. The van der Waals surface area contributed by atoms with E-state index < -0.39 is 0 Å². The molecule has 5 heteroatoms. The lowest BCUT2D eigenvalue weighted by Crippen LogP contribution is -2.23. The highest BCUT2D eigenvalue weighted by atomic mass is 32.1. The Labute approximate surface area is 122 Å². The maximum atomic E-state index is 11.7. The summed E-state index contributed by atoms with van der Waals surface area (Å²) in [5.74, 6) is 0. The molecule has 0 fully saturated rings. The Hall–Kier alpha value is -2.14. The number of anilines is 1. The first-order valence-electron chi connectivity index (χ1n) is 6.29. The van der Waals surface area contributed by atoms with E-state index in [1.54, 1.807) is 6.20 Å². The Morgan fingerprint density at radius 1 is 1.30 bits per heavy atom. The summed E-state index contributed by atoms with van der Waals surface area (Å²) in [6.45, 7) is 5.94. The second-order valence-corrected chi connectivity index (χ2v) is 5.71. The lowest BCUT2D eigenvalue weighted by atomic mass is 10.1. The lowest BCUT2D eigenvalue weighted by Gasteiger charge is -2.00. The summed E-state index contributed by atoms with van der Waals surface area (Å²) in [5.41, 5.74) is 3.18. The fourth-order valence-electron chi connectivity index (χ4n) is 1.65. The Kier molecular flexibility index (Phi) is 4.53. The maximum absolute atomic E-state index is 11.7. The number of urea groups is 1. The number of carbonyl (C=O) groups excluding carboxylic acids is 1. The van der Waals surface area contributed by atoms with Gasteiger partial charge >= 0.3 is 6.03 Å². The minimum Gasteiger partial charge on any atom is -0.314 e. The molecule has 0 saturated carbocycles. The molecule has 1 aromatic heterocycles. The maximum Gasteiger partial charge on any atom is 0.325 e. The second-order valence-electron chi connectivity index (χ2n) is 4.51. The van der Waals surface area contributed by atoms with Gasteiger partial charge in [0, 0.05) is 11.1 Å². The smallest absolute Gasteiger partial charge is 0.314 e. The molecule has 0 radical (unpaired) electrons. The summed E-state index contributed by atoms with van der Waals surface area (Å²) >= 11 is 1.47. The van der Waals surface area contributed by atoms with Crippen molar-refractivity contribution in [2.24, 2.45) is 0 Å². The van der Waals surface area contributed by atoms with Crippen LogP contribution < -0.4 is 10.6 Å². The van der Waals surface area contributed by atoms with Crippen LogP contribution in [0.1, 0.15) is 21.7 Å². The van der Waals surface area contributed by atoms with Gasteiger partial charge in [-0.3, -0.25) is 5.32 Å². The van der Waals surface area contributed by atoms with Crippen LogP contribution in [-0.4, -0.2) is 11.0 Å². The number of benzene rings is 1. The van der Waals surface area contributed by atoms with Crippen LogP contribution >= 0.6 is 11.3 Å². The van der Waals surface area contributed by atoms with Crippen molar-refractivity contribution in [3.8, 4) is 0 Å². The van der Waals surface area contributed by atoms with Crippen molar-refractivity contribution in [1.29, 1.82) is 0 Å². The zero-order chi connectivity index (χ0) is 14.5. The largest absolute Gasteiger partial charge is 0.325 e. The summed E-state index contributed by atoms with van der Waals surface area (Å²) < 4.78 is 0. The molecule has 2 N–H and O–H groups in total. The van der Waals surface area contributed by atoms with Crippen molar-refractivity contribution in [2.45, 2.75) is 20.8 Å². The van der Waals surface area contributed by atoms with Crippen LogP contribution in [-0.2, 0) is 0 Å². The predicted octanol–water partition coefficient (Wildman–Crippen LogP) is 3.86. The first-order valence-corrected chi connectivity index (χ1v) is 7.11. The van der Waals surface area contributed by atoms with Gasteiger partial charge in [-0.2, -0.15) is 0 Å².